The van der Waals surface area contributed by atoms with E-state index < -0.39 is 0 Å². The predicted octanol–water partition coefficient (Wildman–Crippen LogP) is 2.83. The first-order valence-corrected chi connectivity index (χ1v) is 6.85. The third kappa shape index (κ3) is 1.39. The number of hydrogen-bond donors (Lipinski definition) is 2. The molecule has 0 radical (unpaired) electrons. The molecule has 0 aromatic rings. The Labute approximate surface area is 99.3 Å². The summed E-state index contributed by atoms with van der Waals surface area (Å²) >= 11 is 0. The Kier molecular flexibility index (Phi) is 2.09. The number of nitrogens with one attached hydrogen (secondary N) is 1. The minimum Gasteiger partial charge on any atom is -0.271 e. The molecule has 2 nitrogen and oxygen atoms in total. The lowest BCUT2D eigenvalue weighted by atomic mass is 9.39. The van der Waals surface area contributed by atoms with E-state index in [2.05, 4.69) is 26.2 Å². The molecular weight excluding hydrogens is 196 g/mol. The van der Waals surface area contributed by atoms with Gasteiger partial charge >= 0.3 is 0 Å². The summed E-state index contributed by atoms with van der Waals surface area (Å²) in [6.07, 6.45) is 8.62. The van der Waals surface area contributed by atoms with Crippen LogP contribution in [0.4, 0.5) is 0 Å². The molecule has 0 spiro atoms. The second-order valence-electron chi connectivity index (χ2n) is 7.88. The molecule has 3 atom stereocenters. The minimum absolute atomic E-state index is 0.481. The van der Waals surface area contributed by atoms with Gasteiger partial charge < -0.3 is 0 Å². The fraction of sp³-hybridized carbons (Fsp3) is 1.00. The molecule has 16 heavy (non-hydrogen) atoms. The van der Waals surface area contributed by atoms with Crippen LogP contribution < -0.4 is 11.3 Å². The van der Waals surface area contributed by atoms with E-state index in [0.717, 1.165) is 5.92 Å². The van der Waals surface area contributed by atoms with E-state index >= 15 is 0 Å². The summed E-state index contributed by atoms with van der Waals surface area (Å²) in [5, 5.41) is 0. The molecule has 4 bridgehead atoms. The zero-order valence-corrected chi connectivity index (χ0v) is 11.0. The summed E-state index contributed by atoms with van der Waals surface area (Å²) in [4.78, 5) is 0. The Balaban J connectivity index is 1.98. The quantitative estimate of drug-likeness (QED) is 0.557. The highest BCUT2D eigenvalue weighted by molar-refractivity contribution is 5.12. The van der Waals surface area contributed by atoms with E-state index in [0.29, 0.717) is 22.3 Å². The normalized spacial score (nSPS) is 56.6. The lowest BCUT2D eigenvalue weighted by Crippen LogP contribution is -2.61. The molecule has 4 rings (SSSR count). The first kappa shape index (κ1) is 11.0. The Morgan fingerprint density at radius 2 is 1.62 bits per heavy atom. The van der Waals surface area contributed by atoms with E-state index in [4.69, 9.17) is 5.84 Å². The van der Waals surface area contributed by atoms with Crippen molar-refractivity contribution in [1.29, 1.82) is 0 Å². The Morgan fingerprint density at radius 3 is 2.06 bits per heavy atom. The molecule has 0 amide bonds. The van der Waals surface area contributed by atoms with Gasteiger partial charge in [-0.15, -0.1) is 0 Å². The van der Waals surface area contributed by atoms with Crippen molar-refractivity contribution in [3.63, 3.8) is 0 Å². The van der Waals surface area contributed by atoms with E-state index in [1.807, 2.05) is 0 Å². The van der Waals surface area contributed by atoms with Crippen LogP contribution in [-0.4, -0.2) is 6.04 Å². The van der Waals surface area contributed by atoms with E-state index in [1.54, 1.807) is 0 Å². The van der Waals surface area contributed by atoms with Crippen LogP contribution in [0.15, 0.2) is 0 Å². The van der Waals surface area contributed by atoms with E-state index in [9.17, 15) is 0 Å². The largest absolute Gasteiger partial charge is 0.271 e. The van der Waals surface area contributed by atoms with Gasteiger partial charge in [0.1, 0.15) is 0 Å². The molecule has 0 aliphatic heterocycles. The van der Waals surface area contributed by atoms with Gasteiger partial charge in [0.15, 0.2) is 0 Å². The van der Waals surface area contributed by atoms with Crippen LogP contribution in [0.25, 0.3) is 0 Å². The molecule has 2 heteroatoms. The standard InChI is InChI=1S/C14H26N2/c1-10(16-15)14-6-11-4-12(2,8-14)7-13(3,5-11)9-14/h10-11,16H,4-9,15H2,1-3H3. The van der Waals surface area contributed by atoms with Crippen LogP contribution in [0.1, 0.15) is 59.3 Å². The van der Waals surface area contributed by atoms with E-state index in [-0.39, 0.29) is 0 Å². The second kappa shape index (κ2) is 3.02. The Bertz CT molecular complexity index is 294. The van der Waals surface area contributed by atoms with Crippen LogP contribution in [0.3, 0.4) is 0 Å². The molecule has 0 aromatic carbocycles. The van der Waals surface area contributed by atoms with Crippen molar-refractivity contribution in [2.24, 2.45) is 28.0 Å². The Morgan fingerprint density at radius 1 is 1.06 bits per heavy atom. The van der Waals surface area contributed by atoms with Gasteiger partial charge in [-0.25, -0.2) is 0 Å². The van der Waals surface area contributed by atoms with Gasteiger partial charge in [0.05, 0.1) is 0 Å². The van der Waals surface area contributed by atoms with Crippen LogP contribution in [0.5, 0.6) is 0 Å². The highest BCUT2D eigenvalue weighted by Gasteiger charge is 2.61. The van der Waals surface area contributed by atoms with Crippen molar-refractivity contribution < 1.29 is 0 Å². The summed E-state index contributed by atoms with van der Waals surface area (Å²) in [7, 11) is 0. The molecule has 4 fully saturated rings. The zero-order chi connectivity index (χ0) is 11.6. The molecule has 0 heterocycles. The maximum atomic E-state index is 5.73. The fourth-order valence-electron chi connectivity index (χ4n) is 6.20. The van der Waals surface area contributed by atoms with Crippen molar-refractivity contribution >= 4 is 0 Å². The molecular formula is C14H26N2. The van der Waals surface area contributed by atoms with Crippen molar-refractivity contribution in [2.45, 2.75) is 65.3 Å². The number of nitrogens with two attached hydrogens (primary N) is 1. The van der Waals surface area contributed by atoms with Crippen molar-refractivity contribution in [1.82, 2.24) is 5.43 Å². The lowest BCUT2D eigenvalue weighted by molar-refractivity contribution is -0.155. The van der Waals surface area contributed by atoms with Crippen molar-refractivity contribution in [3.05, 3.63) is 0 Å². The number of hydrogen-bond acceptors (Lipinski definition) is 2. The van der Waals surface area contributed by atoms with Gasteiger partial charge in [-0.3, -0.25) is 11.3 Å². The first-order chi connectivity index (χ1) is 7.39. The molecule has 0 aromatic heterocycles. The smallest absolute Gasteiger partial charge is 0.0239 e. The molecule has 0 saturated heterocycles. The highest BCUT2D eigenvalue weighted by atomic mass is 15.2. The van der Waals surface area contributed by atoms with Gasteiger partial charge in [-0.05, 0) is 67.6 Å². The fourth-order valence-corrected chi connectivity index (χ4v) is 6.20. The van der Waals surface area contributed by atoms with Crippen LogP contribution >= 0.6 is 0 Å². The van der Waals surface area contributed by atoms with Gasteiger partial charge in [0.25, 0.3) is 0 Å². The molecule has 92 valence electrons. The first-order valence-electron chi connectivity index (χ1n) is 6.85. The third-order valence-electron chi connectivity index (χ3n) is 5.84. The topological polar surface area (TPSA) is 38.0 Å². The lowest BCUT2D eigenvalue weighted by Gasteiger charge is -2.67. The summed E-state index contributed by atoms with van der Waals surface area (Å²) in [5.74, 6) is 6.70. The molecule has 4 saturated carbocycles. The predicted molar refractivity (Wildman–Crippen MR) is 66.6 cm³/mol. The monoisotopic (exact) mass is 222 g/mol. The maximum Gasteiger partial charge on any atom is 0.0239 e. The number of hydrazine groups is 1. The van der Waals surface area contributed by atoms with Gasteiger partial charge in [0, 0.05) is 6.04 Å². The van der Waals surface area contributed by atoms with E-state index in [1.165, 1.54) is 38.5 Å². The minimum atomic E-state index is 0.481. The van der Waals surface area contributed by atoms with Crippen molar-refractivity contribution in [3.8, 4) is 0 Å². The SMILES string of the molecule is CC(NN)C12CC3CC(C)(CC(C)(C3)C1)C2. The van der Waals surface area contributed by atoms with Crippen molar-refractivity contribution in [2.75, 3.05) is 0 Å². The number of rotatable bonds is 2. The summed E-state index contributed by atoms with van der Waals surface area (Å²) in [5.41, 5.74) is 4.77. The van der Waals surface area contributed by atoms with Gasteiger partial charge in [-0.2, -0.15) is 0 Å². The molecule has 3 N–H and O–H groups in total. The third-order valence-corrected chi connectivity index (χ3v) is 5.84. The molecule has 4 aliphatic rings. The van der Waals surface area contributed by atoms with Gasteiger partial charge in [0.2, 0.25) is 0 Å². The van der Waals surface area contributed by atoms with Crippen LogP contribution in [0.2, 0.25) is 0 Å². The molecule has 4 aliphatic carbocycles. The van der Waals surface area contributed by atoms with Gasteiger partial charge in [-0.1, -0.05) is 13.8 Å². The van der Waals surface area contributed by atoms with Crippen LogP contribution in [0, 0.1) is 22.2 Å². The Hall–Kier alpha value is -0.0800. The zero-order valence-electron chi connectivity index (χ0n) is 11.0. The second-order valence-corrected chi connectivity index (χ2v) is 7.88. The summed E-state index contributed by atoms with van der Waals surface area (Å²) in [6, 6.07) is 0.481. The average molecular weight is 222 g/mol. The molecule has 3 unspecified atom stereocenters. The summed E-state index contributed by atoms with van der Waals surface area (Å²) in [6.45, 7) is 7.33. The average Bonchev–Trinajstić information content (AvgIpc) is 2.10. The maximum absolute atomic E-state index is 5.73. The summed E-state index contributed by atoms with van der Waals surface area (Å²) < 4.78 is 0. The highest BCUT2D eigenvalue weighted by Crippen LogP contribution is 2.70. The van der Waals surface area contributed by atoms with Crippen LogP contribution in [-0.2, 0) is 0 Å².